The van der Waals surface area contributed by atoms with Gasteiger partial charge in [0, 0.05) is 29.0 Å². The second-order valence-electron chi connectivity index (χ2n) is 2.69. The lowest BCUT2D eigenvalue weighted by Gasteiger charge is -1.94. The van der Waals surface area contributed by atoms with Gasteiger partial charge in [0.15, 0.2) is 0 Å². The van der Waals surface area contributed by atoms with E-state index in [9.17, 15) is 0 Å². The van der Waals surface area contributed by atoms with Crippen LogP contribution in [0.1, 0.15) is 5.69 Å². The van der Waals surface area contributed by atoms with Crippen LogP contribution in [0.15, 0.2) is 23.8 Å². The van der Waals surface area contributed by atoms with Crippen molar-refractivity contribution in [3.63, 3.8) is 0 Å². The van der Waals surface area contributed by atoms with E-state index in [1.54, 1.807) is 23.7 Å². The Bertz CT molecular complexity index is 425. The zero-order valence-electron chi connectivity index (χ0n) is 6.99. The van der Waals surface area contributed by atoms with Gasteiger partial charge in [-0.1, -0.05) is 11.6 Å². The molecule has 4 heteroatoms. The second-order valence-corrected chi connectivity index (χ2v) is 3.98. The van der Waals surface area contributed by atoms with Gasteiger partial charge in [-0.25, -0.2) is 4.98 Å². The van der Waals surface area contributed by atoms with Crippen LogP contribution in [0.3, 0.4) is 0 Å². The van der Waals surface area contributed by atoms with Crippen LogP contribution in [0, 0.1) is 6.92 Å². The molecule has 0 atom stereocenters. The first-order valence-corrected chi connectivity index (χ1v) is 5.04. The zero-order valence-corrected chi connectivity index (χ0v) is 8.56. The number of hydrogen-bond acceptors (Lipinski definition) is 3. The van der Waals surface area contributed by atoms with E-state index in [1.807, 2.05) is 18.4 Å². The minimum Gasteiger partial charge on any atom is -0.262 e. The molecule has 2 nitrogen and oxygen atoms in total. The highest BCUT2D eigenvalue weighted by molar-refractivity contribution is 7.13. The van der Waals surface area contributed by atoms with Gasteiger partial charge in [-0.3, -0.25) is 4.98 Å². The summed E-state index contributed by atoms with van der Waals surface area (Å²) in [6.45, 7) is 1.97. The van der Waals surface area contributed by atoms with Crippen molar-refractivity contribution in [3.05, 3.63) is 34.6 Å². The maximum atomic E-state index is 5.82. The number of hydrogen-bond donors (Lipinski definition) is 0. The minimum absolute atomic E-state index is 0.644. The number of aryl methyl sites for hydroxylation is 1. The molecule has 0 saturated heterocycles. The third-order valence-corrected chi connectivity index (χ3v) is 2.79. The van der Waals surface area contributed by atoms with Crippen molar-refractivity contribution in [2.75, 3.05) is 0 Å². The topological polar surface area (TPSA) is 25.8 Å². The van der Waals surface area contributed by atoms with E-state index in [1.165, 1.54) is 0 Å². The normalized spacial score (nSPS) is 10.3. The molecule has 0 aliphatic rings. The third kappa shape index (κ3) is 1.87. The van der Waals surface area contributed by atoms with E-state index in [4.69, 9.17) is 11.6 Å². The molecule has 66 valence electrons. The number of thiazole rings is 1. The molecule has 0 aliphatic carbocycles. The van der Waals surface area contributed by atoms with Crippen LogP contribution < -0.4 is 0 Å². The molecule has 0 N–H and O–H groups in total. The molecule has 2 aromatic rings. The smallest absolute Gasteiger partial charge is 0.125 e. The molecule has 0 spiro atoms. The molecule has 2 rings (SSSR count). The Morgan fingerprint density at radius 1 is 1.38 bits per heavy atom. The van der Waals surface area contributed by atoms with E-state index < -0.39 is 0 Å². The first-order chi connectivity index (χ1) is 6.25. The molecule has 2 aromatic heterocycles. The van der Waals surface area contributed by atoms with Gasteiger partial charge in [0.05, 0.1) is 5.02 Å². The molecular formula is C9H7ClN2S. The summed E-state index contributed by atoms with van der Waals surface area (Å²) in [7, 11) is 0. The lowest BCUT2D eigenvalue weighted by atomic mass is 10.3. The van der Waals surface area contributed by atoms with Crippen molar-refractivity contribution < 1.29 is 0 Å². The van der Waals surface area contributed by atoms with Gasteiger partial charge < -0.3 is 0 Å². The number of pyridine rings is 1. The maximum Gasteiger partial charge on any atom is 0.125 e. The Balaban J connectivity index is 2.46. The fourth-order valence-electron chi connectivity index (χ4n) is 1.02. The van der Waals surface area contributed by atoms with Crippen LogP contribution in [-0.4, -0.2) is 9.97 Å². The van der Waals surface area contributed by atoms with Gasteiger partial charge >= 0.3 is 0 Å². The van der Waals surface area contributed by atoms with Gasteiger partial charge in [0.2, 0.25) is 0 Å². The lowest BCUT2D eigenvalue weighted by molar-refractivity contribution is 1.25. The molecule has 0 aromatic carbocycles. The third-order valence-electron chi connectivity index (χ3n) is 1.57. The standard InChI is InChI=1S/C9H7ClN2S/c1-6-5-13-9(12-6)7-2-8(10)4-11-3-7/h2-5H,1H3. The summed E-state index contributed by atoms with van der Waals surface area (Å²) in [5.74, 6) is 0. The summed E-state index contributed by atoms with van der Waals surface area (Å²) < 4.78 is 0. The summed E-state index contributed by atoms with van der Waals surface area (Å²) in [5.41, 5.74) is 2.01. The predicted octanol–water partition coefficient (Wildman–Crippen LogP) is 3.17. The van der Waals surface area contributed by atoms with Gasteiger partial charge in [0.25, 0.3) is 0 Å². The van der Waals surface area contributed by atoms with Crippen molar-refractivity contribution in [1.29, 1.82) is 0 Å². The number of aromatic nitrogens is 2. The van der Waals surface area contributed by atoms with Crippen LogP contribution in [0.25, 0.3) is 10.6 Å². The van der Waals surface area contributed by atoms with Crippen molar-refractivity contribution in [2.45, 2.75) is 6.92 Å². The molecule has 2 heterocycles. The highest BCUT2D eigenvalue weighted by Crippen LogP contribution is 2.24. The Hall–Kier alpha value is -0.930. The Kier molecular flexibility index (Phi) is 2.29. The monoisotopic (exact) mass is 210 g/mol. The maximum absolute atomic E-state index is 5.82. The first kappa shape index (κ1) is 8.66. The number of nitrogens with zero attached hydrogens (tertiary/aromatic N) is 2. The van der Waals surface area contributed by atoms with Crippen LogP contribution in [0.2, 0.25) is 5.02 Å². The Morgan fingerprint density at radius 2 is 2.23 bits per heavy atom. The summed E-state index contributed by atoms with van der Waals surface area (Å²) in [4.78, 5) is 8.35. The van der Waals surface area contributed by atoms with Crippen LogP contribution >= 0.6 is 22.9 Å². The molecule has 0 saturated carbocycles. The molecule has 0 bridgehead atoms. The molecule has 0 fully saturated rings. The van der Waals surface area contributed by atoms with Gasteiger partial charge in [0.1, 0.15) is 5.01 Å². The molecule has 0 unspecified atom stereocenters. The fourth-order valence-corrected chi connectivity index (χ4v) is 1.97. The number of rotatable bonds is 1. The Labute approximate surface area is 85.2 Å². The predicted molar refractivity (Wildman–Crippen MR) is 55.1 cm³/mol. The summed E-state index contributed by atoms with van der Waals surface area (Å²) in [6, 6.07) is 1.87. The average molecular weight is 211 g/mol. The van der Waals surface area contributed by atoms with Crippen molar-refractivity contribution in [2.24, 2.45) is 0 Å². The average Bonchev–Trinajstić information content (AvgIpc) is 2.52. The van der Waals surface area contributed by atoms with Gasteiger partial charge in [-0.15, -0.1) is 11.3 Å². The molecule has 0 aliphatic heterocycles. The van der Waals surface area contributed by atoms with Gasteiger partial charge in [-0.2, -0.15) is 0 Å². The lowest BCUT2D eigenvalue weighted by Crippen LogP contribution is -1.79. The van der Waals surface area contributed by atoms with Crippen LogP contribution in [0.5, 0.6) is 0 Å². The highest BCUT2D eigenvalue weighted by atomic mass is 35.5. The number of halogens is 1. The fraction of sp³-hybridized carbons (Fsp3) is 0.111. The van der Waals surface area contributed by atoms with E-state index >= 15 is 0 Å². The van der Waals surface area contributed by atoms with E-state index in [0.717, 1.165) is 16.3 Å². The van der Waals surface area contributed by atoms with E-state index in [-0.39, 0.29) is 0 Å². The van der Waals surface area contributed by atoms with E-state index in [0.29, 0.717) is 5.02 Å². The highest BCUT2D eigenvalue weighted by Gasteiger charge is 2.02. The van der Waals surface area contributed by atoms with Crippen molar-refractivity contribution >= 4 is 22.9 Å². The molecule has 13 heavy (non-hydrogen) atoms. The van der Waals surface area contributed by atoms with Crippen LogP contribution in [-0.2, 0) is 0 Å². The molecular weight excluding hydrogens is 204 g/mol. The van der Waals surface area contributed by atoms with Crippen molar-refractivity contribution in [3.8, 4) is 10.6 Å². The largest absolute Gasteiger partial charge is 0.262 e. The zero-order chi connectivity index (χ0) is 9.26. The van der Waals surface area contributed by atoms with Crippen LogP contribution in [0.4, 0.5) is 0 Å². The van der Waals surface area contributed by atoms with E-state index in [2.05, 4.69) is 9.97 Å². The first-order valence-electron chi connectivity index (χ1n) is 3.79. The quantitative estimate of drug-likeness (QED) is 0.723. The molecule has 0 amide bonds. The Morgan fingerprint density at radius 3 is 2.85 bits per heavy atom. The summed E-state index contributed by atoms with van der Waals surface area (Å²) in [5, 5.41) is 3.62. The summed E-state index contributed by atoms with van der Waals surface area (Å²) in [6.07, 6.45) is 3.38. The van der Waals surface area contributed by atoms with Crippen molar-refractivity contribution in [1.82, 2.24) is 9.97 Å². The summed E-state index contributed by atoms with van der Waals surface area (Å²) >= 11 is 7.42. The molecule has 0 radical (unpaired) electrons. The SMILES string of the molecule is Cc1csc(-c2cncc(Cl)c2)n1. The minimum atomic E-state index is 0.644. The van der Waals surface area contributed by atoms with Gasteiger partial charge in [-0.05, 0) is 13.0 Å². The second kappa shape index (κ2) is 3.44.